The topological polar surface area (TPSA) is 48.7 Å². The number of ketones is 1. The normalized spacial score (nSPS) is 14.3. The number of carbonyl (C=O) groups is 1. The number of fused-ring (bicyclic) bond motifs is 1. The summed E-state index contributed by atoms with van der Waals surface area (Å²) in [6.45, 7) is 3.81. The van der Waals surface area contributed by atoms with E-state index in [2.05, 4.69) is 0 Å². The molecule has 28 heavy (non-hydrogen) atoms. The Morgan fingerprint density at radius 2 is 1.96 bits per heavy atom. The van der Waals surface area contributed by atoms with Crippen LogP contribution in [0.2, 0.25) is 5.02 Å². The summed E-state index contributed by atoms with van der Waals surface area (Å²) >= 11 is 6.03. The number of carbonyl (C=O) groups excluding carboxylic acids is 1. The molecule has 6 heteroatoms. The van der Waals surface area contributed by atoms with Gasteiger partial charge in [-0.25, -0.2) is 4.39 Å². The van der Waals surface area contributed by atoms with Crippen LogP contribution < -0.4 is 9.47 Å². The molecule has 2 aromatic carbocycles. The van der Waals surface area contributed by atoms with Gasteiger partial charge in [0.15, 0.2) is 5.76 Å². The Kier molecular flexibility index (Phi) is 4.69. The third kappa shape index (κ3) is 3.53. The van der Waals surface area contributed by atoms with Crippen molar-refractivity contribution in [3.63, 3.8) is 0 Å². The first kappa shape index (κ1) is 18.3. The fraction of sp³-hybridized carbons (Fsp3) is 0.136. The summed E-state index contributed by atoms with van der Waals surface area (Å²) in [7, 11) is 0. The zero-order chi connectivity index (χ0) is 19.8. The summed E-state index contributed by atoms with van der Waals surface area (Å²) in [6, 6.07) is 11.1. The van der Waals surface area contributed by atoms with Crippen LogP contribution in [-0.2, 0) is 6.61 Å². The van der Waals surface area contributed by atoms with Gasteiger partial charge in [-0.3, -0.25) is 4.79 Å². The van der Waals surface area contributed by atoms with Gasteiger partial charge in [-0.15, -0.1) is 0 Å². The number of furan rings is 1. The number of Topliss-reactive ketones (excluding diaryl/α,β-unsaturated/α-hetero) is 1. The number of halogens is 2. The van der Waals surface area contributed by atoms with Gasteiger partial charge in [0.05, 0.1) is 10.6 Å². The molecule has 0 amide bonds. The molecule has 0 saturated carbocycles. The smallest absolute Gasteiger partial charge is 0.232 e. The van der Waals surface area contributed by atoms with Gasteiger partial charge in [-0.05, 0) is 49.7 Å². The fourth-order valence-electron chi connectivity index (χ4n) is 3.02. The van der Waals surface area contributed by atoms with Crippen LogP contribution in [0.4, 0.5) is 4.39 Å². The molecule has 1 aromatic heterocycles. The van der Waals surface area contributed by atoms with Gasteiger partial charge in [0.2, 0.25) is 5.78 Å². The number of benzene rings is 2. The van der Waals surface area contributed by atoms with Gasteiger partial charge in [-0.2, -0.15) is 0 Å². The average molecular weight is 399 g/mol. The van der Waals surface area contributed by atoms with E-state index >= 15 is 0 Å². The first-order valence-electron chi connectivity index (χ1n) is 8.63. The monoisotopic (exact) mass is 398 g/mol. The minimum absolute atomic E-state index is 0.166. The molecule has 1 aliphatic heterocycles. The molecule has 1 aliphatic rings. The highest BCUT2D eigenvalue weighted by atomic mass is 35.5. The van der Waals surface area contributed by atoms with Gasteiger partial charge >= 0.3 is 0 Å². The van der Waals surface area contributed by atoms with Gasteiger partial charge in [0.25, 0.3) is 0 Å². The second-order valence-corrected chi connectivity index (χ2v) is 6.93. The maximum Gasteiger partial charge on any atom is 0.232 e. The van der Waals surface area contributed by atoms with Crippen LogP contribution in [0, 0.1) is 19.7 Å². The zero-order valence-electron chi connectivity index (χ0n) is 15.2. The SMILES string of the molecule is Cc1ccc(/C=C2\Oc3cc(OCc4ccc(F)cc4Cl)cc(C)c3C2=O)o1. The molecule has 4 nitrogen and oxygen atoms in total. The van der Waals surface area contributed by atoms with E-state index < -0.39 is 5.82 Å². The zero-order valence-corrected chi connectivity index (χ0v) is 16.0. The summed E-state index contributed by atoms with van der Waals surface area (Å²) in [5.74, 6) is 1.86. The van der Waals surface area contributed by atoms with Crippen molar-refractivity contribution in [3.8, 4) is 11.5 Å². The molecule has 4 rings (SSSR count). The maximum absolute atomic E-state index is 13.2. The van der Waals surface area contributed by atoms with E-state index in [1.165, 1.54) is 12.1 Å². The lowest BCUT2D eigenvalue weighted by atomic mass is 10.0. The lowest BCUT2D eigenvalue weighted by Crippen LogP contribution is -2.00. The first-order chi connectivity index (χ1) is 13.4. The molecule has 0 saturated heterocycles. The Morgan fingerprint density at radius 1 is 1.14 bits per heavy atom. The van der Waals surface area contributed by atoms with Crippen LogP contribution in [0.25, 0.3) is 6.08 Å². The van der Waals surface area contributed by atoms with E-state index in [-0.39, 0.29) is 18.1 Å². The molecule has 0 aliphatic carbocycles. The van der Waals surface area contributed by atoms with Crippen LogP contribution in [0.1, 0.15) is 33.0 Å². The Labute approximate surface area is 166 Å². The van der Waals surface area contributed by atoms with Crippen LogP contribution in [0.15, 0.2) is 52.6 Å². The van der Waals surface area contributed by atoms with E-state index in [4.69, 9.17) is 25.5 Å². The van der Waals surface area contributed by atoms with Crippen molar-refractivity contribution in [2.75, 3.05) is 0 Å². The fourth-order valence-corrected chi connectivity index (χ4v) is 3.24. The Balaban J connectivity index is 1.57. The van der Waals surface area contributed by atoms with Gasteiger partial charge in [0, 0.05) is 17.7 Å². The highest BCUT2D eigenvalue weighted by Gasteiger charge is 2.30. The molecule has 3 aromatic rings. The molecule has 0 bridgehead atoms. The maximum atomic E-state index is 13.2. The molecule has 0 radical (unpaired) electrons. The predicted octanol–water partition coefficient (Wildman–Crippen LogP) is 5.88. The van der Waals surface area contributed by atoms with E-state index in [9.17, 15) is 9.18 Å². The molecular formula is C22H16ClFO4. The van der Waals surface area contributed by atoms with Crippen molar-refractivity contribution in [2.24, 2.45) is 0 Å². The largest absolute Gasteiger partial charge is 0.489 e. The minimum Gasteiger partial charge on any atom is -0.489 e. The summed E-state index contributed by atoms with van der Waals surface area (Å²) in [5.41, 5.74) is 1.90. The van der Waals surface area contributed by atoms with Crippen molar-refractivity contribution < 1.29 is 23.1 Å². The third-order valence-corrected chi connectivity index (χ3v) is 4.74. The molecule has 2 heterocycles. The first-order valence-corrected chi connectivity index (χ1v) is 9.00. The van der Waals surface area contributed by atoms with Crippen LogP contribution in [0.3, 0.4) is 0 Å². The standard InChI is InChI=1S/C22H16ClFO4/c1-12-7-17(26-11-14-4-5-15(24)8-18(14)23)10-19-21(12)22(25)20(28-19)9-16-6-3-13(2)27-16/h3-10H,11H2,1-2H3/b20-9-. The third-order valence-electron chi connectivity index (χ3n) is 4.39. The van der Waals surface area contributed by atoms with E-state index in [0.29, 0.717) is 33.4 Å². The highest BCUT2D eigenvalue weighted by molar-refractivity contribution is 6.31. The summed E-state index contributed by atoms with van der Waals surface area (Å²) in [4.78, 5) is 12.7. The van der Waals surface area contributed by atoms with Crippen molar-refractivity contribution in [2.45, 2.75) is 20.5 Å². The highest BCUT2D eigenvalue weighted by Crippen LogP contribution is 2.38. The van der Waals surface area contributed by atoms with Crippen LogP contribution in [0.5, 0.6) is 11.5 Å². The Hall–Kier alpha value is -3.05. The quantitative estimate of drug-likeness (QED) is 0.514. The number of hydrogen-bond donors (Lipinski definition) is 0. The molecular weight excluding hydrogens is 383 g/mol. The van der Waals surface area contributed by atoms with Crippen LogP contribution >= 0.6 is 11.6 Å². The van der Waals surface area contributed by atoms with Crippen molar-refractivity contribution >= 4 is 23.5 Å². The van der Waals surface area contributed by atoms with E-state index in [1.54, 1.807) is 30.3 Å². The number of ether oxygens (including phenoxy) is 2. The number of allylic oxidation sites excluding steroid dienone is 1. The second kappa shape index (κ2) is 7.17. The van der Waals surface area contributed by atoms with Gasteiger partial charge in [0.1, 0.15) is 35.4 Å². The molecule has 0 spiro atoms. The van der Waals surface area contributed by atoms with Crippen molar-refractivity contribution in [3.05, 3.63) is 87.3 Å². The summed E-state index contributed by atoms with van der Waals surface area (Å²) in [6.07, 6.45) is 1.58. The number of rotatable bonds is 4. The summed E-state index contributed by atoms with van der Waals surface area (Å²) in [5, 5.41) is 0.295. The predicted molar refractivity (Wildman–Crippen MR) is 103 cm³/mol. The van der Waals surface area contributed by atoms with Crippen molar-refractivity contribution in [1.82, 2.24) is 0 Å². The molecule has 0 unspecified atom stereocenters. The minimum atomic E-state index is -0.403. The molecule has 142 valence electrons. The second-order valence-electron chi connectivity index (χ2n) is 6.53. The Bertz CT molecular complexity index is 1110. The lowest BCUT2D eigenvalue weighted by molar-refractivity contribution is 0.101. The van der Waals surface area contributed by atoms with E-state index in [1.807, 2.05) is 19.9 Å². The average Bonchev–Trinajstić information content (AvgIpc) is 3.18. The van der Waals surface area contributed by atoms with Crippen LogP contribution in [-0.4, -0.2) is 5.78 Å². The molecule has 0 atom stereocenters. The van der Waals surface area contributed by atoms with E-state index in [0.717, 1.165) is 11.3 Å². The number of aryl methyl sites for hydroxylation is 2. The number of hydrogen-bond acceptors (Lipinski definition) is 4. The molecule has 0 fully saturated rings. The van der Waals surface area contributed by atoms with Crippen molar-refractivity contribution in [1.29, 1.82) is 0 Å². The molecule has 0 N–H and O–H groups in total. The summed E-state index contributed by atoms with van der Waals surface area (Å²) < 4.78 is 30.2. The Morgan fingerprint density at radius 3 is 2.68 bits per heavy atom. The van der Waals surface area contributed by atoms with Gasteiger partial charge < -0.3 is 13.9 Å². The lowest BCUT2D eigenvalue weighted by Gasteiger charge is -2.10. The van der Waals surface area contributed by atoms with Gasteiger partial charge in [-0.1, -0.05) is 17.7 Å².